The molecule has 0 radical (unpaired) electrons. The molecule has 0 saturated carbocycles. The highest BCUT2D eigenvalue weighted by atomic mass is 16.7. The molecule has 11 heteroatoms. The Hall–Kier alpha value is -3.50. The molecule has 0 bridgehead atoms. The first-order valence-corrected chi connectivity index (χ1v) is 10.1. The Morgan fingerprint density at radius 1 is 0.839 bits per heavy atom. The van der Waals surface area contributed by atoms with E-state index in [1.54, 1.807) is 22.0 Å². The van der Waals surface area contributed by atoms with E-state index in [-0.39, 0.29) is 56.5 Å². The van der Waals surface area contributed by atoms with Crippen molar-refractivity contribution >= 4 is 35.5 Å². The predicted molar refractivity (Wildman–Crippen MR) is 104 cm³/mol. The molecule has 3 rings (SSSR count). The number of carbonyl (C=O) groups excluding carboxylic acids is 6. The van der Waals surface area contributed by atoms with Gasteiger partial charge in [-0.1, -0.05) is 12.2 Å². The first-order valence-electron chi connectivity index (χ1n) is 10.1. The predicted octanol–water partition coefficient (Wildman–Crippen LogP) is -1.00. The summed E-state index contributed by atoms with van der Waals surface area (Å²) in [6.07, 6.45) is 5.91. The summed E-state index contributed by atoms with van der Waals surface area (Å²) in [5.74, 6) is -2.63. The summed E-state index contributed by atoms with van der Waals surface area (Å²) in [7, 11) is 0. The van der Waals surface area contributed by atoms with Crippen molar-refractivity contribution in [3.05, 3.63) is 24.3 Å². The number of hydrogen-bond acceptors (Lipinski definition) is 7. The summed E-state index contributed by atoms with van der Waals surface area (Å²) in [5, 5.41) is 0.447. The fourth-order valence-electron chi connectivity index (χ4n) is 3.37. The zero-order valence-corrected chi connectivity index (χ0v) is 17.0. The zero-order valence-electron chi connectivity index (χ0n) is 17.0. The molecule has 0 N–H and O–H groups in total. The van der Waals surface area contributed by atoms with E-state index in [1.807, 2.05) is 0 Å². The van der Waals surface area contributed by atoms with Crippen molar-refractivity contribution in [3.63, 3.8) is 0 Å². The second-order valence-corrected chi connectivity index (χ2v) is 7.30. The van der Waals surface area contributed by atoms with Gasteiger partial charge in [-0.05, 0) is 0 Å². The van der Waals surface area contributed by atoms with E-state index in [0.29, 0.717) is 31.2 Å². The normalized spacial score (nSPS) is 18.0. The average molecular weight is 432 g/mol. The summed E-state index contributed by atoms with van der Waals surface area (Å²) in [5.41, 5.74) is 0. The molecule has 3 aliphatic rings. The van der Waals surface area contributed by atoms with Gasteiger partial charge in [0.2, 0.25) is 17.7 Å². The third kappa shape index (κ3) is 5.77. The molecule has 31 heavy (non-hydrogen) atoms. The van der Waals surface area contributed by atoms with Crippen LogP contribution in [-0.4, -0.2) is 94.5 Å². The monoisotopic (exact) mass is 432 g/mol. The second kappa shape index (κ2) is 10.0. The zero-order chi connectivity index (χ0) is 22.4. The van der Waals surface area contributed by atoms with Gasteiger partial charge in [0, 0.05) is 70.7 Å². The molecular formula is C20H24N4O7. The maximum Gasteiger partial charge on any atom is 0.333 e. The van der Waals surface area contributed by atoms with Crippen molar-refractivity contribution in [2.45, 2.75) is 25.7 Å². The number of rotatable bonds is 10. The maximum atomic E-state index is 12.7. The minimum atomic E-state index is -0.852. The van der Waals surface area contributed by atoms with Crippen molar-refractivity contribution in [1.82, 2.24) is 19.8 Å². The molecule has 3 heterocycles. The molecular weight excluding hydrogens is 408 g/mol. The largest absolute Gasteiger partial charge is 0.339 e. The first-order chi connectivity index (χ1) is 14.8. The molecule has 0 aromatic carbocycles. The molecule has 3 aliphatic heterocycles. The maximum absolute atomic E-state index is 12.7. The molecule has 5 amide bonds. The van der Waals surface area contributed by atoms with Crippen LogP contribution in [0.2, 0.25) is 0 Å². The number of hydrogen-bond donors (Lipinski definition) is 0. The molecule has 166 valence electrons. The van der Waals surface area contributed by atoms with E-state index in [4.69, 9.17) is 4.84 Å². The summed E-state index contributed by atoms with van der Waals surface area (Å²) >= 11 is 0. The van der Waals surface area contributed by atoms with Crippen LogP contribution in [0, 0.1) is 0 Å². The van der Waals surface area contributed by atoms with Crippen LogP contribution in [0.5, 0.6) is 0 Å². The number of nitrogens with zero attached hydrogens (tertiary/aromatic N) is 4. The minimum Gasteiger partial charge on any atom is -0.339 e. The van der Waals surface area contributed by atoms with Gasteiger partial charge in [-0.25, -0.2) is 4.79 Å². The molecule has 0 spiro atoms. The van der Waals surface area contributed by atoms with Gasteiger partial charge < -0.3 is 19.5 Å². The van der Waals surface area contributed by atoms with Crippen LogP contribution in [0.3, 0.4) is 0 Å². The van der Waals surface area contributed by atoms with Gasteiger partial charge in [0.05, 0.1) is 6.42 Å². The SMILES string of the molecule is O=C(CCC(=O)N(CCN1CC=CC1=O)CCN1CC=CC1=O)ON1C(=O)CCC1=O. The van der Waals surface area contributed by atoms with E-state index in [9.17, 15) is 28.8 Å². The topological polar surface area (TPSA) is 125 Å². The quantitative estimate of drug-likeness (QED) is 0.406. The van der Waals surface area contributed by atoms with Crippen molar-refractivity contribution in [1.29, 1.82) is 0 Å². The van der Waals surface area contributed by atoms with Crippen molar-refractivity contribution in [2.75, 3.05) is 39.3 Å². The average Bonchev–Trinajstić information content (AvgIpc) is 3.43. The van der Waals surface area contributed by atoms with Gasteiger partial charge in [-0.15, -0.1) is 5.06 Å². The summed E-state index contributed by atoms with van der Waals surface area (Å²) in [6, 6.07) is 0. The Bertz CT molecular complexity index is 798. The van der Waals surface area contributed by atoms with Crippen LogP contribution in [-0.2, 0) is 33.6 Å². The Morgan fingerprint density at radius 3 is 1.81 bits per heavy atom. The standard InChI is InChI=1S/C20H24N4O7/c25-15-3-1-9-21(15)11-13-23(14-12-22-10-2-4-16(22)26)17(27)7-8-20(30)31-24-18(28)5-6-19(24)29/h1-4H,5-14H2. The lowest BCUT2D eigenvalue weighted by atomic mass is 10.2. The van der Waals surface area contributed by atoms with E-state index in [1.165, 1.54) is 17.1 Å². The van der Waals surface area contributed by atoms with Crippen molar-refractivity contribution in [2.24, 2.45) is 0 Å². The lowest BCUT2D eigenvalue weighted by Crippen LogP contribution is -2.43. The van der Waals surface area contributed by atoms with E-state index >= 15 is 0 Å². The van der Waals surface area contributed by atoms with Crippen molar-refractivity contribution in [3.8, 4) is 0 Å². The van der Waals surface area contributed by atoms with E-state index < -0.39 is 17.8 Å². The van der Waals surface area contributed by atoms with Crippen LogP contribution < -0.4 is 0 Å². The van der Waals surface area contributed by atoms with Crippen LogP contribution >= 0.6 is 0 Å². The molecule has 0 atom stereocenters. The van der Waals surface area contributed by atoms with Crippen LogP contribution in [0.15, 0.2) is 24.3 Å². The second-order valence-electron chi connectivity index (χ2n) is 7.30. The lowest BCUT2D eigenvalue weighted by Gasteiger charge is -2.27. The van der Waals surface area contributed by atoms with Crippen LogP contribution in [0.4, 0.5) is 0 Å². The number of amides is 5. The number of carbonyl (C=O) groups is 6. The molecule has 1 fully saturated rings. The molecule has 1 saturated heterocycles. The summed E-state index contributed by atoms with van der Waals surface area (Å²) < 4.78 is 0. The molecule has 0 aromatic heterocycles. The highest BCUT2D eigenvalue weighted by Crippen LogP contribution is 2.13. The fraction of sp³-hybridized carbons (Fsp3) is 0.500. The van der Waals surface area contributed by atoms with Crippen LogP contribution in [0.25, 0.3) is 0 Å². The Labute approximate surface area is 178 Å². The summed E-state index contributed by atoms with van der Waals surface area (Å²) in [6.45, 7) is 2.09. The van der Waals surface area contributed by atoms with E-state index in [2.05, 4.69) is 0 Å². The highest BCUT2D eigenvalue weighted by molar-refractivity contribution is 6.01. The fourth-order valence-corrected chi connectivity index (χ4v) is 3.37. The van der Waals surface area contributed by atoms with Gasteiger partial charge >= 0.3 is 5.97 Å². The van der Waals surface area contributed by atoms with Gasteiger partial charge in [0.1, 0.15) is 0 Å². The van der Waals surface area contributed by atoms with E-state index in [0.717, 1.165) is 0 Å². The third-order valence-electron chi connectivity index (χ3n) is 5.17. The van der Waals surface area contributed by atoms with Gasteiger partial charge in [0.15, 0.2) is 0 Å². The lowest BCUT2D eigenvalue weighted by molar-refractivity contribution is -0.197. The van der Waals surface area contributed by atoms with Gasteiger partial charge in [-0.3, -0.25) is 24.0 Å². The molecule has 11 nitrogen and oxygen atoms in total. The van der Waals surface area contributed by atoms with Gasteiger partial charge in [0.25, 0.3) is 11.8 Å². The van der Waals surface area contributed by atoms with Gasteiger partial charge in [-0.2, -0.15) is 0 Å². The molecule has 0 unspecified atom stereocenters. The first kappa shape index (κ1) is 22.2. The molecule has 0 aliphatic carbocycles. The molecule has 0 aromatic rings. The third-order valence-corrected chi connectivity index (χ3v) is 5.17. The number of hydroxylamine groups is 2. The smallest absolute Gasteiger partial charge is 0.333 e. The summed E-state index contributed by atoms with van der Waals surface area (Å²) in [4.78, 5) is 80.7. The minimum absolute atomic E-state index is 0.00697. The Morgan fingerprint density at radius 2 is 1.35 bits per heavy atom. The Balaban J connectivity index is 1.50. The van der Waals surface area contributed by atoms with Crippen LogP contribution in [0.1, 0.15) is 25.7 Å². The number of imide groups is 1. The Kier molecular flexibility index (Phi) is 7.16. The highest BCUT2D eigenvalue weighted by Gasteiger charge is 2.33. The van der Waals surface area contributed by atoms with Crippen molar-refractivity contribution < 1.29 is 33.6 Å².